The standard InChI is InChI=1S/C32H10F8N8/c33-15-9-14-16(20(35)19(15)34)28-43-27(14)47-32-13-8-4-3-7-12(13)31(48(32)40)46-26-11-6-2-1-5-10(11)25(41-26)42-29-17-18(30(44-28)45-29)22(37)24(39)23(38)21(17)36/h1-9H,(H,41,42,43,44,45,46,47). The molecule has 4 aromatic carbocycles. The average Bonchev–Trinajstić information content (AvgIpc) is 3.79. The van der Waals surface area contributed by atoms with E-state index in [1.807, 2.05) is 0 Å². The number of benzene rings is 4. The molecule has 0 atom stereocenters. The van der Waals surface area contributed by atoms with E-state index in [1.54, 1.807) is 36.4 Å². The predicted octanol–water partition coefficient (Wildman–Crippen LogP) is 8.05. The van der Waals surface area contributed by atoms with Gasteiger partial charge in [-0.1, -0.05) is 53.0 Å². The lowest BCUT2D eigenvalue weighted by Crippen LogP contribution is -1.97. The Labute approximate surface area is 260 Å². The maximum atomic E-state index is 16.3. The minimum atomic E-state index is -2.19. The molecule has 48 heavy (non-hydrogen) atoms. The van der Waals surface area contributed by atoms with Crippen molar-refractivity contribution in [1.29, 1.82) is 0 Å². The van der Waals surface area contributed by atoms with Gasteiger partial charge in [0, 0.05) is 27.5 Å². The SMILES string of the molecule is Fc1cc2c(c(F)c1F)-c1nc-2nc2c3ccccc3c(nc3nc(nc4[nH]c(n1)c1c(F)c(F)c(F)c(F)c41)-c1ccccc1-3)n2F. The van der Waals surface area contributed by atoms with Crippen LogP contribution in [0.15, 0.2) is 54.6 Å². The lowest BCUT2D eigenvalue weighted by Gasteiger charge is -2.03. The second kappa shape index (κ2) is 9.60. The highest BCUT2D eigenvalue weighted by atomic mass is 19.2. The molecule has 0 saturated heterocycles. The summed E-state index contributed by atoms with van der Waals surface area (Å²) in [5, 5.41) is -1.42. The third kappa shape index (κ3) is 3.64. The van der Waals surface area contributed by atoms with E-state index in [4.69, 9.17) is 0 Å². The molecule has 0 unspecified atom stereocenters. The van der Waals surface area contributed by atoms with Crippen LogP contribution in [-0.4, -0.2) is 39.7 Å². The number of nitrogens with zero attached hydrogens (tertiary/aromatic N) is 7. The second-order valence-corrected chi connectivity index (χ2v) is 10.7. The zero-order chi connectivity index (χ0) is 33.2. The van der Waals surface area contributed by atoms with E-state index in [1.165, 1.54) is 12.1 Å². The number of rotatable bonds is 0. The Kier molecular flexibility index (Phi) is 5.59. The van der Waals surface area contributed by atoms with Gasteiger partial charge >= 0.3 is 0 Å². The Morgan fingerprint density at radius 1 is 0.479 bits per heavy atom. The zero-order valence-corrected chi connectivity index (χ0v) is 23.4. The summed E-state index contributed by atoms with van der Waals surface area (Å²) in [6.07, 6.45) is 0. The fraction of sp³-hybridized carbons (Fsp3) is 0. The van der Waals surface area contributed by atoms with Gasteiger partial charge in [0.15, 0.2) is 75.3 Å². The molecule has 234 valence electrons. The molecule has 7 aromatic rings. The monoisotopic (exact) mass is 658 g/mol. The van der Waals surface area contributed by atoms with E-state index < -0.39 is 91.2 Å². The van der Waals surface area contributed by atoms with E-state index in [0.717, 1.165) is 0 Å². The van der Waals surface area contributed by atoms with Gasteiger partial charge in [0.25, 0.3) is 0 Å². The van der Waals surface area contributed by atoms with E-state index >= 15 is 17.7 Å². The van der Waals surface area contributed by atoms with Crippen molar-refractivity contribution in [2.45, 2.75) is 0 Å². The highest BCUT2D eigenvalue weighted by Gasteiger charge is 2.31. The zero-order valence-electron chi connectivity index (χ0n) is 23.4. The lowest BCUT2D eigenvalue weighted by molar-refractivity contribution is 0.399. The molecule has 3 aromatic heterocycles. The molecular formula is C32H10F8N8. The highest BCUT2D eigenvalue weighted by molar-refractivity contribution is 6.07. The number of fused-ring (bicyclic) bond motifs is 20. The van der Waals surface area contributed by atoms with Gasteiger partial charge in [-0.2, -0.15) is 0 Å². The third-order valence-corrected chi connectivity index (χ3v) is 8.08. The molecule has 2 aliphatic rings. The van der Waals surface area contributed by atoms with Crippen molar-refractivity contribution < 1.29 is 35.2 Å². The Balaban J connectivity index is 1.57. The molecule has 0 saturated carbocycles. The van der Waals surface area contributed by atoms with Crippen LogP contribution in [0.4, 0.5) is 35.2 Å². The van der Waals surface area contributed by atoms with Crippen molar-refractivity contribution in [3.05, 3.63) is 95.3 Å². The van der Waals surface area contributed by atoms with Gasteiger partial charge < -0.3 is 4.98 Å². The molecular weight excluding hydrogens is 648 g/mol. The van der Waals surface area contributed by atoms with E-state index in [2.05, 4.69) is 34.9 Å². The van der Waals surface area contributed by atoms with Gasteiger partial charge in [-0.3, -0.25) is 0 Å². The molecule has 2 aliphatic heterocycles. The summed E-state index contributed by atoms with van der Waals surface area (Å²) in [6, 6.07) is 13.2. The van der Waals surface area contributed by atoms with Gasteiger partial charge in [-0.15, -0.1) is 4.79 Å². The molecule has 0 fully saturated rings. The van der Waals surface area contributed by atoms with Crippen LogP contribution in [0, 0.1) is 40.7 Å². The summed E-state index contributed by atoms with van der Waals surface area (Å²) in [7, 11) is 0. The lowest BCUT2D eigenvalue weighted by atomic mass is 10.1. The van der Waals surface area contributed by atoms with Crippen LogP contribution < -0.4 is 0 Å². The van der Waals surface area contributed by atoms with Gasteiger partial charge in [0.1, 0.15) is 11.3 Å². The maximum Gasteiger partial charge on any atom is 0.198 e. The molecule has 8 bridgehead atoms. The first kappa shape index (κ1) is 27.9. The number of nitrogens with one attached hydrogen (secondary N) is 1. The minimum absolute atomic E-state index is 0.0615. The number of aromatic amines is 1. The van der Waals surface area contributed by atoms with Crippen LogP contribution in [0.25, 0.3) is 89.7 Å². The van der Waals surface area contributed by atoms with Crippen molar-refractivity contribution in [2.75, 3.05) is 0 Å². The van der Waals surface area contributed by atoms with E-state index in [0.29, 0.717) is 17.2 Å². The van der Waals surface area contributed by atoms with Crippen LogP contribution in [0.2, 0.25) is 0 Å². The molecule has 1 N–H and O–H groups in total. The minimum Gasteiger partial charge on any atom is -0.324 e. The first-order valence-electron chi connectivity index (χ1n) is 13.9. The Morgan fingerprint density at radius 3 is 1.54 bits per heavy atom. The number of aromatic nitrogens is 8. The molecule has 0 spiro atoms. The fourth-order valence-corrected chi connectivity index (χ4v) is 5.92. The first-order chi connectivity index (χ1) is 23.1. The van der Waals surface area contributed by atoms with Gasteiger partial charge in [0.05, 0.1) is 16.3 Å². The van der Waals surface area contributed by atoms with Gasteiger partial charge in [-0.05, 0) is 6.07 Å². The summed E-state index contributed by atoms with van der Waals surface area (Å²) in [5.74, 6) is -15.0. The Bertz CT molecular complexity index is 2790. The quantitative estimate of drug-likeness (QED) is 0.101. The number of hydrogen-bond acceptors (Lipinski definition) is 6. The molecule has 0 aliphatic carbocycles. The van der Waals surface area contributed by atoms with Crippen LogP contribution in [0.1, 0.15) is 0 Å². The van der Waals surface area contributed by atoms with Crippen LogP contribution in [0.3, 0.4) is 0 Å². The maximum absolute atomic E-state index is 16.3. The third-order valence-electron chi connectivity index (χ3n) is 8.08. The van der Waals surface area contributed by atoms with Crippen LogP contribution in [-0.2, 0) is 0 Å². The molecule has 9 rings (SSSR count). The van der Waals surface area contributed by atoms with Gasteiger partial charge in [0.2, 0.25) is 0 Å². The second-order valence-electron chi connectivity index (χ2n) is 10.7. The van der Waals surface area contributed by atoms with E-state index in [9.17, 15) is 17.6 Å². The highest BCUT2D eigenvalue weighted by Crippen LogP contribution is 2.40. The fourth-order valence-electron chi connectivity index (χ4n) is 5.92. The van der Waals surface area contributed by atoms with Crippen molar-refractivity contribution >= 4 is 44.1 Å². The largest absolute Gasteiger partial charge is 0.324 e. The molecule has 0 radical (unpaired) electrons. The summed E-state index contributed by atoms with van der Waals surface area (Å²) in [4.78, 5) is 28.0. The average molecular weight is 658 g/mol. The smallest absolute Gasteiger partial charge is 0.198 e. The van der Waals surface area contributed by atoms with E-state index in [-0.39, 0.29) is 32.9 Å². The predicted molar refractivity (Wildman–Crippen MR) is 156 cm³/mol. The van der Waals surface area contributed by atoms with Crippen LogP contribution >= 0.6 is 0 Å². The summed E-state index contributed by atoms with van der Waals surface area (Å²) < 4.78 is 121. The van der Waals surface area contributed by atoms with Crippen molar-refractivity contribution in [1.82, 2.24) is 39.7 Å². The Hall–Kier alpha value is -6.32. The normalized spacial score (nSPS) is 12.2. The van der Waals surface area contributed by atoms with Crippen molar-refractivity contribution in [3.8, 4) is 45.6 Å². The summed E-state index contributed by atoms with van der Waals surface area (Å²) in [6.45, 7) is 0. The molecule has 5 heterocycles. The Morgan fingerprint density at radius 2 is 0.958 bits per heavy atom. The molecule has 0 amide bonds. The summed E-state index contributed by atoms with van der Waals surface area (Å²) in [5.41, 5.74) is -2.65. The molecule has 8 nitrogen and oxygen atoms in total. The topological polar surface area (TPSA) is 98.1 Å². The number of hydrogen-bond donors (Lipinski definition) is 1. The van der Waals surface area contributed by atoms with Crippen LogP contribution in [0.5, 0.6) is 0 Å². The first-order valence-corrected chi connectivity index (χ1v) is 13.9. The molecule has 16 heteroatoms. The van der Waals surface area contributed by atoms with Crippen molar-refractivity contribution in [3.63, 3.8) is 0 Å². The van der Waals surface area contributed by atoms with Gasteiger partial charge in [-0.25, -0.2) is 60.6 Å². The summed E-state index contributed by atoms with van der Waals surface area (Å²) >= 11 is 0. The van der Waals surface area contributed by atoms with Crippen molar-refractivity contribution in [2.24, 2.45) is 0 Å². The number of halogens is 8. The number of H-pyrrole nitrogens is 1.